The molecule has 4 nitrogen and oxygen atoms in total. The summed E-state index contributed by atoms with van der Waals surface area (Å²) in [5, 5.41) is 10.3. The van der Waals surface area contributed by atoms with E-state index in [9.17, 15) is 5.11 Å². The van der Waals surface area contributed by atoms with Crippen LogP contribution >= 0.6 is 0 Å². The summed E-state index contributed by atoms with van der Waals surface area (Å²) in [6.45, 7) is 5.80. The predicted molar refractivity (Wildman–Crippen MR) is 89.4 cm³/mol. The second kappa shape index (κ2) is 9.90. The van der Waals surface area contributed by atoms with Gasteiger partial charge in [0.2, 0.25) is 0 Å². The van der Waals surface area contributed by atoms with Crippen molar-refractivity contribution in [3.8, 4) is 0 Å². The van der Waals surface area contributed by atoms with Gasteiger partial charge < -0.3 is 20.6 Å². The third kappa shape index (κ3) is 7.58. The van der Waals surface area contributed by atoms with Crippen molar-refractivity contribution in [2.45, 2.75) is 31.9 Å². The second-order valence-corrected chi connectivity index (χ2v) is 5.97. The summed E-state index contributed by atoms with van der Waals surface area (Å²) in [6, 6.07) is 9.91. The zero-order chi connectivity index (χ0) is 15.7. The number of rotatable bonds is 10. The molecular weight excluding hydrogens is 262 g/mol. The molecular formula is C17H31N3O. The van der Waals surface area contributed by atoms with E-state index in [1.165, 1.54) is 5.56 Å². The largest absolute Gasteiger partial charge is 0.390 e. The van der Waals surface area contributed by atoms with Gasteiger partial charge in [-0.1, -0.05) is 37.3 Å². The molecule has 0 amide bonds. The Morgan fingerprint density at radius 2 is 1.81 bits per heavy atom. The highest BCUT2D eigenvalue weighted by Gasteiger charge is 2.18. The first-order chi connectivity index (χ1) is 10.0. The quantitative estimate of drug-likeness (QED) is 0.680. The fraction of sp³-hybridized carbons (Fsp3) is 0.647. The molecule has 1 aromatic carbocycles. The summed E-state index contributed by atoms with van der Waals surface area (Å²) in [7, 11) is 4.17. The monoisotopic (exact) mass is 293 g/mol. The molecule has 0 saturated heterocycles. The SMILES string of the molecule is CCN(CCCN(C)C)CC(O)C(N)Cc1ccccc1. The van der Waals surface area contributed by atoms with Crippen molar-refractivity contribution < 1.29 is 5.11 Å². The lowest BCUT2D eigenvalue weighted by molar-refractivity contribution is 0.0915. The molecule has 0 radical (unpaired) electrons. The molecule has 0 heterocycles. The first kappa shape index (κ1) is 18.1. The van der Waals surface area contributed by atoms with Crippen molar-refractivity contribution in [1.82, 2.24) is 9.80 Å². The van der Waals surface area contributed by atoms with Crippen LogP contribution in [0, 0.1) is 0 Å². The van der Waals surface area contributed by atoms with E-state index in [1.54, 1.807) is 0 Å². The Morgan fingerprint density at radius 3 is 2.38 bits per heavy atom. The lowest BCUT2D eigenvalue weighted by Crippen LogP contribution is -2.45. The van der Waals surface area contributed by atoms with E-state index in [0.29, 0.717) is 6.54 Å². The summed E-state index contributed by atoms with van der Waals surface area (Å²) in [5.41, 5.74) is 7.32. The maximum absolute atomic E-state index is 10.3. The van der Waals surface area contributed by atoms with Crippen LogP contribution in [0.4, 0.5) is 0 Å². The Hall–Kier alpha value is -0.940. The van der Waals surface area contributed by atoms with Crippen molar-refractivity contribution >= 4 is 0 Å². The summed E-state index contributed by atoms with van der Waals surface area (Å²) >= 11 is 0. The van der Waals surface area contributed by atoms with E-state index in [2.05, 4.69) is 43.0 Å². The van der Waals surface area contributed by atoms with E-state index in [1.807, 2.05) is 18.2 Å². The Balaban J connectivity index is 2.36. The number of hydrogen-bond acceptors (Lipinski definition) is 4. The molecule has 0 aliphatic carbocycles. The number of likely N-dealkylation sites (N-methyl/N-ethyl adjacent to an activating group) is 1. The van der Waals surface area contributed by atoms with Gasteiger partial charge in [-0.2, -0.15) is 0 Å². The average Bonchev–Trinajstić information content (AvgIpc) is 2.46. The van der Waals surface area contributed by atoms with E-state index in [0.717, 1.165) is 32.5 Å². The molecule has 120 valence electrons. The first-order valence-electron chi connectivity index (χ1n) is 7.87. The number of aliphatic hydroxyl groups is 1. The van der Waals surface area contributed by atoms with Crippen molar-refractivity contribution in [1.29, 1.82) is 0 Å². The van der Waals surface area contributed by atoms with Gasteiger partial charge in [0.25, 0.3) is 0 Å². The summed E-state index contributed by atoms with van der Waals surface area (Å²) in [6.07, 6.45) is 1.35. The topological polar surface area (TPSA) is 52.7 Å². The third-order valence-corrected chi connectivity index (χ3v) is 3.78. The molecule has 0 aromatic heterocycles. The summed E-state index contributed by atoms with van der Waals surface area (Å²) < 4.78 is 0. The lowest BCUT2D eigenvalue weighted by Gasteiger charge is -2.27. The molecule has 0 aliphatic heterocycles. The lowest BCUT2D eigenvalue weighted by atomic mass is 10.0. The van der Waals surface area contributed by atoms with Gasteiger partial charge >= 0.3 is 0 Å². The van der Waals surface area contributed by atoms with E-state index >= 15 is 0 Å². The number of benzene rings is 1. The molecule has 0 spiro atoms. The van der Waals surface area contributed by atoms with Crippen molar-refractivity contribution in [3.63, 3.8) is 0 Å². The molecule has 0 fully saturated rings. The number of nitrogens with zero attached hydrogens (tertiary/aromatic N) is 2. The molecule has 4 heteroatoms. The van der Waals surface area contributed by atoms with Crippen LogP contribution in [0.2, 0.25) is 0 Å². The minimum atomic E-state index is -0.482. The molecule has 1 aromatic rings. The highest BCUT2D eigenvalue weighted by Crippen LogP contribution is 2.06. The highest BCUT2D eigenvalue weighted by molar-refractivity contribution is 5.16. The number of hydrogen-bond donors (Lipinski definition) is 2. The van der Waals surface area contributed by atoms with E-state index in [4.69, 9.17) is 5.73 Å². The number of aliphatic hydroxyl groups excluding tert-OH is 1. The Kier molecular flexibility index (Phi) is 8.54. The van der Waals surface area contributed by atoms with Gasteiger partial charge in [-0.15, -0.1) is 0 Å². The molecule has 3 N–H and O–H groups in total. The van der Waals surface area contributed by atoms with Gasteiger partial charge in [-0.05, 0) is 52.1 Å². The fourth-order valence-corrected chi connectivity index (χ4v) is 2.41. The van der Waals surface area contributed by atoms with Crippen LogP contribution in [0.3, 0.4) is 0 Å². The molecule has 0 saturated carbocycles. The van der Waals surface area contributed by atoms with Crippen molar-refractivity contribution in [2.75, 3.05) is 40.3 Å². The van der Waals surface area contributed by atoms with E-state index < -0.39 is 6.10 Å². The maximum Gasteiger partial charge on any atom is 0.0820 e. The van der Waals surface area contributed by atoms with Crippen LogP contribution in [-0.4, -0.2) is 67.3 Å². The van der Waals surface area contributed by atoms with Crippen LogP contribution in [0.5, 0.6) is 0 Å². The van der Waals surface area contributed by atoms with Gasteiger partial charge in [0.05, 0.1) is 6.10 Å². The normalized spacial score (nSPS) is 14.6. The van der Waals surface area contributed by atoms with Gasteiger partial charge in [0, 0.05) is 12.6 Å². The van der Waals surface area contributed by atoms with Crippen LogP contribution < -0.4 is 5.73 Å². The Bertz CT molecular complexity index is 370. The standard InChI is InChI=1S/C17H31N3O/c1-4-20(12-8-11-19(2)3)14-17(21)16(18)13-15-9-6-5-7-10-15/h5-7,9-10,16-17,21H,4,8,11-14,18H2,1-3H3. The van der Waals surface area contributed by atoms with Gasteiger partial charge in [-0.25, -0.2) is 0 Å². The highest BCUT2D eigenvalue weighted by atomic mass is 16.3. The zero-order valence-electron chi connectivity index (χ0n) is 13.7. The fourth-order valence-electron chi connectivity index (χ4n) is 2.41. The summed E-state index contributed by atoms with van der Waals surface area (Å²) in [4.78, 5) is 4.46. The Morgan fingerprint density at radius 1 is 1.14 bits per heavy atom. The molecule has 2 atom stereocenters. The maximum atomic E-state index is 10.3. The van der Waals surface area contributed by atoms with Gasteiger partial charge in [-0.3, -0.25) is 0 Å². The summed E-state index contributed by atoms with van der Waals surface area (Å²) in [5.74, 6) is 0. The molecule has 2 unspecified atom stereocenters. The second-order valence-electron chi connectivity index (χ2n) is 5.97. The molecule has 0 aliphatic rings. The van der Waals surface area contributed by atoms with Gasteiger partial charge in [0.15, 0.2) is 0 Å². The predicted octanol–water partition coefficient (Wildman–Crippen LogP) is 1.19. The minimum Gasteiger partial charge on any atom is -0.390 e. The molecule has 1 rings (SSSR count). The van der Waals surface area contributed by atoms with Crippen molar-refractivity contribution in [3.05, 3.63) is 35.9 Å². The van der Waals surface area contributed by atoms with Crippen LogP contribution in [-0.2, 0) is 6.42 Å². The third-order valence-electron chi connectivity index (χ3n) is 3.78. The zero-order valence-corrected chi connectivity index (χ0v) is 13.7. The smallest absolute Gasteiger partial charge is 0.0820 e. The van der Waals surface area contributed by atoms with Crippen LogP contribution in [0.1, 0.15) is 18.9 Å². The Labute approximate surface area is 129 Å². The molecule has 0 bridgehead atoms. The molecule has 21 heavy (non-hydrogen) atoms. The van der Waals surface area contributed by atoms with Gasteiger partial charge in [0.1, 0.15) is 0 Å². The first-order valence-corrected chi connectivity index (χ1v) is 7.87. The number of nitrogens with two attached hydrogens (primary N) is 1. The average molecular weight is 293 g/mol. The minimum absolute atomic E-state index is 0.213. The van der Waals surface area contributed by atoms with Crippen LogP contribution in [0.25, 0.3) is 0 Å². The van der Waals surface area contributed by atoms with Crippen LogP contribution in [0.15, 0.2) is 30.3 Å². The van der Waals surface area contributed by atoms with E-state index in [-0.39, 0.29) is 6.04 Å². The van der Waals surface area contributed by atoms with Crippen molar-refractivity contribution in [2.24, 2.45) is 5.73 Å².